The second-order valence-electron chi connectivity index (χ2n) is 7.03. The lowest BCUT2D eigenvalue weighted by Gasteiger charge is -2.36. The molecule has 7 nitrogen and oxygen atoms in total. The Labute approximate surface area is 162 Å². The molecular formula is C21H20N6O. The van der Waals surface area contributed by atoms with Crippen LogP contribution in [0.3, 0.4) is 0 Å². The monoisotopic (exact) mass is 372 g/mol. The van der Waals surface area contributed by atoms with Crippen LogP contribution in [0.1, 0.15) is 16.1 Å². The number of nitrogens with zero attached hydrogens (tertiary/aromatic N) is 6. The molecule has 1 fully saturated rings. The van der Waals surface area contributed by atoms with E-state index in [1.54, 1.807) is 4.52 Å². The van der Waals surface area contributed by atoms with Gasteiger partial charge in [0.25, 0.3) is 11.7 Å². The maximum Gasteiger partial charge on any atom is 0.254 e. The molecule has 0 spiro atoms. The molecule has 1 aliphatic heterocycles. The van der Waals surface area contributed by atoms with E-state index >= 15 is 0 Å². The smallest absolute Gasteiger partial charge is 0.254 e. The zero-order valence-corrected chi connectivity index (χ0v) is 15.6. The van der Waals surface area contributed by atoms with E-state index in [2.05, 4.69) is 20.0 Å². The van der Waals surface area contributed by atoms with Gasteiger partial charge in [0.1, 0.15) is 12.1 Å². The van der Waals surface area contributed by atoms with Gasteiger partial charge in [0, 0.05) is 43.5 Å². The summed E-state index contributed by atoms with van der Waals surface area (Å²) in [7, 11) is 0. The van der Waals surface area contributed by atoms with Crippen molar-refractivity contribution < 1.29 is 4.79 Å². The summed E-state index contributed by atoms with van der Waals surface area (Å²) in [4.78, 5) is 25.9. The lowest BCUT2D eigenvalue weighted by atomic mass is 10.0. The van der Waals surface area contributed by atoms with Gasteiger partial charge in [-0.3, -0.25) is 4.79 Å². The molecular weight excluding hydrogens is 352 g/mol. The molecule has 2 aromatic carbocycles. The van der Waals surface area contributed by atoms with Crippen LogP contribution < -0.4 is 4.90 Å². The van der Waals surface area contributed by atoms with Gasteiger partial charge in [-0.2, -0.15) is 14.6 Å². The number of aryl methyl sites for hydroxylation is 1. The number of carbonyl (C=O) groups excluding carboxylic acids is 1. The summed E-state index contributed by atoms with van der Waals surface area (Å²) in [5, 5.41) is 6.39. The highest BCUT2D eigenvalue weighted by Gasteiger charge is 2.25. The maximum atomic E-state index is 13.2. The molecule has 5 rings (SSSR count). The molecule has 140 valence electrons. The fourth-order valence-corrected chi connectivity index (χ4v) is 3.86. The van der Waals surface area contributed by atoms with E-state index in [1.165, 1.54) is 6.33 Å². The summed E-state index contributed by atoms with van der Waals surface area (Å²) < 4.78 is 1.76. The molecule has 0 aliphatic carbocycles. The van der Waals surface area contributed by atoms with Gasteiger partial charge in [0.15, 0.2) is 0 Å². The van der Waals surface area contributed by atoms with Crippen molar-refractivity contribution in [2.75, 3.05) is 31.1 Å². The zero-order chi connectivity index (χ0) is 19.1. The number of hydrogen-bond acceptors (Lipinski definition) is 5. The minimum atomic E-state index is 0.0910. The van der Waals surface area contributed by atoms with Gasteiger partial charge in [-0.15, -0.1) is 0 Å². The Morgan fingerprint density at radius 2 is 1.79 bits per heavy atom. The number of anilines is 1. The third kappa shape index (κ3) is 2.76. The van der Waals surface area contributed by atoms with E-state index in [4.69, 9.17) is 0 Å². The second kappa shape index (κ2) is 6.60. The van der Waals surface area contributed by atoms with Crippen LogP contribution in [-0.4, -0.2) is 56.6 Å². The van der Waals surface area contributed by atoms with Crippen LogP contribution in [0, 0.1) is 6.92 Å². The van der Waals surface area contributed by atoms with Crippen molar-refractivity contribution in [1.29, 1.82) is 0 Å². The van der Waals surface area contributed by atoms with E-state index < -0.39 is 0 Å². The van der Waals surface area contributed by atoms with Crippen LogP contribution in [0.25, 0.3) is 16.6 Å². The van der Waals surface area contributed by atoms with Crippen LogP contribution >= 0.6 is 0 Å². The SMILES string of the molecule is Cc1cc(N2CCN(C(=O)c3cccc4ccccc34)CC2)n2ncnc2n1. The average molecular weight is 372 g/mol. The summed E-state index contributed by atoms with van der Waals surface area (Å²) in [6.07, 6.45) is 1.52. The number of hydrogen-bond donors (Lipinski definition) is 0. The highest BCUT2D eigenvalue weighted by molar-refractivity contribution is 6.07. The first-order valence-corrected chi connectivity index (χ1v) is 9.40. The largest absolute Gasteiger partial charge is 0.353 e. The van der Waals surface area contributed by atoms with Crippen molar-refractivity contribution in [3.05, 3.63) is 66.1 Å². The lowest BCUT2D eigenvalue weighted by molar-refractivity contribution is 0.0748. The Hall–Kier alpha value is -3.48. The average Bonchev–Trinajstić information content (AvgIpc) is 3.21. The van der Waals surface area contributed by atoms with Crippen molar-refractivity contribution in [2.24, 2.45) is 0 Å². The molecule has 3 heterocycles. The number of benzene rings is 2. The maximum absolute atomic E-state index is 13.2. The third-order valence-electron chi connectivity index (χ3n) is 5.27. The van der Waals surface area contributed by atoms with E-state index in [1.807, 2.05) is 60.4 Å². The van der Waals surface area contributed by atoms with Gasteiger partial charge in [-0.05, 0) is 23.8 Å². The molecule has 0 atom stereocenters. The van der Waals surface area contributed by atoms with Crippen LogP contribution in [-0.2, 0) is 0 Å². The van der Waals surface area contributed by atoms with E-state index in [9.17, 15) is 4.79 Å². The first-order chi connectivity index (χ1) is 13.7. The van der Waals surface area contributed by atoms with Crippen LogP contribution in [0.4, 0.5) is 5.82 Å². The predicted molar refractivity (Wildman–Crippen MR) is 108 cm³/mol. The van der Waals surface area contributed by atoms with E-state index in [0.717, 1.165) is 40.9 Å². The Kier molecular flexibility index (Phi) is 3.93. The second-order valence-corrected chi connectivity index (χ2v) is 7.03. The van der Waals surface area contributed by atoms with Crippen LogP contribution in [0.2, 0.25) is 0 Å². The lowest BCUT2D eigenvalue weighted by Crippen LogP contribution is -2.49. The summed E-state index contributed by atoms with van der Waals surface area (Å²) in [5.74, 6) is 1.66. The summed E-state index contributed by atoms with van der Waals surface area (Å²) in [6.45, 7) is 4.78. The Balaban J connectivity index is 1.38. The molecule has 0 bridgehead atoms. The molecule has 28 heavy (non-hydrogen) atoms. The van der Waals surface area contributed by atoms with Crippen molar-refractivity contribution in [2.45, 2.75) is 6.92 Å². The van der Waals surface area contributed by atoms with Crippen LogP contribution in [0.5, 0.6) is 0 Å². The quantitative estimate of drug-likeness (QED) is 0.541. The molecule has 4 aromatic rings. The molecule has 2 aromatic heterocycles. The molecule has 1 saturated heterocycles. The normalized spacial score (nSPS) is 14.8. The fraction of sp³-hybridized carbons (Fsp3) is 0.238. The highest BCUT2D eigenvalue weighted by atomic mass is 16.2. The van der Waals surface area contributed by atoms with E-state index in [-0.39, 0.29) is 5.91 Å². The molecule has 0 saturated carbocycles. The highest BCUT2D eigenvalue weighted by Crippen LogP contribution is 2.22. The molecule has 0 N–H and O–H groups in total. The van der Waals surface area contributed by atoms with Gasteiger partial charge in [0.2, 0.25) is 0 Å². The van der Waals surface area contributed by atoms with Crippen molar-refractivity contribution in [3.8, 4) is 0 Å². The van der Waals surface area contributed by atoms with E-state index in [0.29, 0.717) is 18.9 Å². The number of piperazine rings is 1. The number of carbonyl (C=O) groups is 1. The predicted octanol–water partition coefficient (Wildman–Crippen LogP) is 2.55. The topological polar surface area (TPSA) is 66.6 Å². The van der Waals surface area contributed by atoms with Gasteiger partial charge in [0.05, 0.1) is 0 Å². The van der Waals surface area contributed by atoms with Crippen molar-refractivity contribution in [1.82, 2.24) is 24.5 Å². The molecule has 0 radical (unpaired) electrons. The first kappa shape index (κ1) is 16.7. The van der Waals surface area contributed by atoms with Crippen LogP contribution in [0.15, 0.2) is 54.9 Å². The zero-order valence-electron chi connectivity index (χ0n) is 15.6. The Morgan fingerprint density at radius 3 is 2.64 bits per heavy atom. The first-order valence-electron chi connectivity index (χ1n) is 9.40. The number of aromatic nitrogens is 4. The number of rotatable bonds is 2. The summed E-state index contributed by atoms with van der Waals surface area (Å²) in [5.41, 5.74) is 1.68. The minimum absolute atomic E-state index is 0.0910. The summed E-state index contributed by atoms with van der Waals surface area (Å²) >= 11 is 0. The molecule has 0 unspecified atom stereocenters. The standard InChI is InChI=1S/C21H20N6O/c1-15-13-19(27-21(24-15)22-14-23-27)25-9-11-26(12-10-25)20(28)18-8-4-6-16-5-2-3-7-17(16)18/h2-8,13-14H,9-12H2,1H3. The van der Waals surface area contributed by atoms with Crippen molar-refractivity contribution in [3.63, 3.8) is 0 Å². The molecule has 7 heteroatoms. The molecule has 1 aliphatic rings. The number of fused-ring (bicyclic) bond motifs is 2. The van der Waals surface area contributed by atoms with Gasteiger partial charge in [-0.25, -0.2) is 4.98 Å². The minimum Gasteiger partial charge on any atom is -0.353 e. The molecule has 1 amide bonds. The Bertz CT molecular complexity index is 1170. The van der Waals surface area contributed by atoms with Crippen molar-refractivity contribution >= 4 is 28.3 Å². The number of amides is 1. The fourth-order valence-electron chi connectivity index (χ4n) is 3.86. The third-order valence-corrected chi connectivity index (χ3v) is 5.27. The summed E-state index contributed by atoms with van der Waals surface area (Å²) in [6, 6.07) is 16.0. The van der Waals surface area contributed by atoms with Gasteiger partial charge < -0.3 is 9.80 Å². The van der Waals surface area contributed by atoms with Gasteiger partial charge in [-0.1, -0.05) is 36.4 Å². The van der Waals surface area contributed by atoms with Gasteiger partial charge >= 0.3 is 0 Å². The Morgan fingerprint density at radius 1 is 1.00 bits per heavy atom.